The normalized spacial score (nSPS) is 12.3. The summed E-state index contributed by atoms with van der Waals surface area (Å²) >= 11 is 3.30. The molecule has 0 aromatic heterocycles. The van der Waals surface area contributed by atoms with Crippen molar-refractivity contribution in [1.29, 1.82) is 0 Å². The Bertz CT molecular complexity index is 521. The van der Waals surface area contributed by atoms with Gasteiger partial charge in [0.25, 0.3) is 0 Å². The van der Waals surface area contributed by atoms with Gasteiger partial charge >= 0.3 is 0 Å². The summed E-state index contributed by atoms with van der Waals surface area (Å²) in [4.78, 5) is 0. The van der Waals surface area contributed by atoms with E-state index in [-0.39, 0.29) is 11.2 Å². The van der Waals surface area contributed by atoms with Crippen LogP contribution in [0.1, 0.15) is 20.8 Å². The van der Waals surface area contributed by atoms with Crippen molar-refractivity contribution in [1.82, 2.24) is 0 Å². The van der Waals surface area contributed by atoms with Crippen molar-refractivity contribution in [3.63, 3.8) is 0 Å². The van der Waals surface area contributed by atoms with Crippen LogP contribution in [-0.4, -0.2) is 21.3 Å². The molecule has 1 N–H and O–H groups in total. The molecular weight excluding hydrogens is 318 g/mol. The van der Waals surface area contributed by atoms with Crippen LogP contribution in [-0.2, 0) is 10.0 Å². The van der Waals surface area contributed by atoms with Gasteiger partial charge in [-0.3, -0.25) is 4.72 Å². The summed E-state index contributed by atoms with van der Waals surface area (Å²) in [7, 11) is -1.89. The maximum absolute atomic E-state index is 12.0. The Morgan fingerprint density at radius 3 is 2.44 bits per heavy atom. The quantitative estimate of drug-likeness (QED) is 0.918. The Morgan fingerprint density at radius 2 is 1.94 bits per heavy atom. The van der Waals surface area contributed by atoms with E-state index < -0.39 is 10.0 Å². The van der Waals surface area contributed by atoms with Crippen LogP contribution >= 0.6 is 15.9 Å². The molecule has 1 aromatic rings. The first-order valence-electron chi connectivity index (χ1n) is 5.47. The van der Waals surface area contributed by atoms with Gasteiger partial charge in [-0.05, 0) is 23.6 Å². The third-order valence-corrected chi connectivity index (χ3v) is 4.32. The van der Waals surface area contributed by atoms with E-state index in [4.69, 9.17) is 4.74 Å². The van der Waals surface area contributed by atoms with E-state index in [0.717, 1.165) is 4.47 Å². The summed E-state index contributed by atoms with van der Waals surface area (Å²) < 4.78 is 32.5. The topological polar surface area (TPSA) is 55.4 Å². The summed E-state index contributed by atoms with van der Waals surface area (Å²) in [5, 5.41) is 0. The average Bonchev–Trinajstić information content (AvgIpc) is 2.13. The number of methoxy groups -OCH3 is 1. The first kappa shape index (κ1) is 15.3. The molecule has 102 valence electrons. The molecule has 0 aliphatic heterocycles. The van der Waals surface area contributed by atoms with Gasteiger partial charge in [-0.2, -0.15) is 0 Å². The van der Waals surface area contributed by atoms with Crippen LogP contribution in [0, 0.1) is 5.41 Å². The van der Waals surface area contributed by atoms with Crippen molar-refractivity contribution in [3.8, 4) is 5.75 Å². The van der Waals surface area contributed by atoms with Gasteiger partial charge in [-0.1, -0.05) is 36.7 Å². The number of halogens is 1. The van der Waals surface area contributed by atoms with Crippen LogP contribution in [0.15, 0.2) is 22.7 Å². The number of hydrogen-bond donors (Lipinski definition) is 1. The van der Waals surface area contributed by atoms with Crippen molar-refractivity contribution in [3.05, 3.63) is 22.7 Å². The monoisotopic (exact) mass is 335 g/mol. The third-order valence-electron chi connectivity index (χ3n) is 2.05. The summed E-state index contributed by atoms with van der Waals surface area (Å²) in [5.74, 6) is 0.547. The maximum atomic E-state index is 12.0. The van der Waals surface area contributed by atoms with E-state index in [9.17, 15) is 8.42 Å². The minimum atomic E-state index is -3.39. The number of anilines is 1. The molecule has 0 saturated heterocycles. The minimum Gasteiger partial charge on any atom is -0.495 e. The fourth-order valence-corrected chi connectivity index (χ4v) is 3.60. The molecule has 0 atom stereocenters. The molecule has 4 nitrogen and oxygen atoms in total. The second-order valence-electron chi connectivity index (χ2n) is 5.27. The van der Waals surface area contributed by atoms with Crippen LogP contribution < -0.4 is 9.46 Å². The highest BCUT2D eigenvalue weighted by Gasteiger charge is 2.22. The second kappa shape index (κ2) is 5.48. The summed E-state index contributed by atoms with van der Waals surface area (Å²) in [6.45, 7) is 5.64. The number of benzene rings is 1. The van der Waals surface area contributed by atoms with E-state index in [1.54, 1.807) is 18.2 Å². The molecule has 0 amide bonds. The van der Waals surface area contributed by atoms with Crippen molar-refractivity contribution >= 4 is 31.6 Å². The molecular formula is C12H18BrNO3S. The van der Waals surface area contributed by atoms with Gasteiger partial charge in [0.1, 0.15) is 5.75 Å². The molecule has 0 saturated carbocycles. The van der Waals surface area contributed by atoms with Crippen molar-refractivity contribution in [2.45, 2.75) is 20.8 Å². The lowest BCUT2D eigenvalue weighted by atomic mass is 10.0. The molecule has 0 heterocycles. The molecule has 0 fully saturated rings. The Balaban J connectivity index is 3.00. The average molecular weight is 336 g/mol. The lowest BCUT2D eigenvalue weighted by molar-refractivity contribution is 0.416. The van der Waals surface area contributed by atoms with E-state index in [1.807, 2.05) is 20.8 Å². The number of rotatable bonds is 4. The Morgan fingerprint density at radius 1 is 1.33 bits per heavy atom. The lowest BCUT2D eigenvalue weighted by Gasteiger charge is -2.19. The molecule has 0 aliphatic rings. The molecule has 0 spiro atoms. The molecule has 0 aliphatic carbocycles. The van der Waals surface area contributed by atoms with Gasteiger partial charge in [0.05, 0.1) is 18.6 Å². The zero-order valence-electron chi connectivity index (χ0n) is 11.0. The largest absolute Gasteiger partial charge is 0.495 e. The maximum Gasteiger partial charge on any atom is 0.233 e. The second-order valence-corrected chi connectivity index (χ2v) is 7.90. The van der Waals surface area contributed by atoms with E-state index in [0.29, 0.717) is 11.4 Å². The number of sulfonamides is 1. The number of nitrogens with one attached hydrogen (secondary N) is 1. The van der Waals surface area contributed by atoms with Gasteiger partial charge in [0, 0.05) is 4.47 Å². The van der Waals surface area contributed by atoms with Crippen molar-refractivity contribution in [2.24, 2.45) is 5.41 Å². The SMILES string of the molecule is COc1ccc(Br)cc1NS(=O)(=O)CC(C)(C)C. The molecule has 18 heavy (non-hydrogen) atoms. The summed E-state index contributed by atoms with van der Waals surface area (Å²) in [5.41, 5.74) is 0.140. The van der Waals surface area contributed by atoms with E-state index in [2.05, 4.69) is 20.7 Å². The van der Waals surface area contributed by atoms with Gasteiger partial charge in [0.15, 0.2) is 0 Å². The molecule has 0 bridgehead atoms. The Hall–Kier alpha value is -0.750. The van der Waals surface area contributed by atoms with Crippen LogP contribution in [0.3, 0.4) is 0 Å². The first-order chi connectivity index (χ1) is 8.13. The molecule has 1 aromatic carbocycles. The fourth-order valence-electron chi connectivity index (χ4n) is 1.53. The van der Waals surface area contributed by atoms with E-state index >= 15 is 0 Å². The highest BCUT2D eigenvalue weighted by molar-refractivity contribution is 9.10. The van der Waals surface area contributed by atoms with Crippen LogP contribution in [0.5, 0.6) is 5.75 Å². The lowest BCUT2D eigenvalue weighted by Crippen LogP contribution is -2.26. The molecule has 6 heteroatoms. The minimum absolute atomic E-state index is 0.0513. The van der Waals surface area contributed by atoms with Crippen LogP contribution in [0.4, 0.5) is 5.69 Å². The van der Waals surface area contributed by atoms with Crippen molar-refractivity contribution in [2.75, 3.05) is 17.6 Å². The van der Waals surface area contributed by atoms with Gasteiger partial charge in [-0.25, -0.2) is 8.42 Å². The zero-order chi connectivity index (χ0) is 14.0. The van der Waals surface area contributed by atoms with Crippen molar-refractivity contribution < 1.29 is 13.2 Å². The predicted molar refractivity (Wildman–Crippen MR) is 77.6 cm³/mol. The molecule has 0 unspecified atom stereocenters. The van der Waals surface area contributed by atoms with E-state index in [1.165, 1.54) is 7.11 Å². The van der Waals surface area contributed by atoms with Gasteiger partial charge < -0.3 is 4.74 Å². The third kappa shape index (κ3) is 4.86. The summed E-state index contributed by atoms with van der Waals surface area (Å²) in [6, 6.07) is 5.18. The standard InChI is InChI=1S/C12H18BrNO3S/c1-12(2,3)8-18(15,16)14-10-7-9(13)5-6-11(10)17-4/h5-7,14H,8H2,1-4H3. The van der Waals surface area contributed by atoms with Gasteiger partial charge in [0.2, 0.25) is 10.0 Å². The molecule has 0 radical (unpaired) electrons. The number of hydrogen-bond acceptors (Lipinski definition) is 3. The Labute approximate surface area is 117 Å². The summed E-state index contributed by atoms with van der Waals surface area (Å²) in [6.07, 6.45) is 0. The first-order valence-corrected chi connectivity index (χ1v) is 7.91. The number of ether oxygens (including phenoxy) is 1. The van der Waals surface area contributed by atoms with Crippen LogP contribution in [0.25, 0.3) is 0 Å². The molecule has 1 rings (SSSR count). The zero-order valence-corrected chi connectivity index (χ0v) is 13.4. The fraction of sp³-hybridized carbons (Fsp3) is 0.500. The van der Waals surface area contributed by atoms with Gasteiger partial charge in [-0.15, -0.1) is 0 Å². The van der Waals surface area contributed by atoms with Crippen LogP contribution in [0.2, 0.25) is 0 Å². The predicted octanol–water partition coefficient (Wildman–Crippen LogP) is 3.25. The Kier molecular flexibility index (Phi) is 4.66. The highest BCUT2D eigenvalue weighted by atomic mass is 79.9. The smallest absolute Gasteiger partial charge is 0.233 e. The highest BCUT2D eigenvalue weighted by Crippen LogP contribution is 2.29.